The van der Waals surface area contributed by atoms with E-state index < -0.39 is 29.3 Å². The number of ether oxygens (including phenoxy) is 1. The fourth-order valence-electron chi connectivity index (χ4n) is 2.78. The molecule has 0 spiro atoms. The number of hydrogen-bond acceptors (Lipinski definition) is 7. The van der Waals surface area contributed by atoms with Crippen LogP contribution < -0.4 is 5.32 Å². The van der Waals surface area contributed by atoms with Gasteiger partial charge in [0, 0.05) is 23.1 Å². The molecule has 2 amide bonds. The van der Waals surface area contributed by atoms with Crippen molar-refractivity contribution < 1.29 is 29.0 Å². The molecule has 1 aromatic rings. The van der Waals surface area contributed by atoms with Crippen molar-refractivity contribution >= 4 is 46.9 Å². The summed E-state index contributed by atoms with van der Waals surface area (Å²) in [4.78, 5) is 49.2. The van der Waals surface area contributed by atoms with E-state index in [0.717, 1.165) is 9.78 Å². The monoisotopic (exact) mass is 396 g/mol. The third-order valence-electron chi connectivity index (χ3n) is 3.93. The van der Waals surface area contributed by atoms with E-state index in [1.807, 2.05) is 17.5 Å². The second-order valence-electron chi connectivity index (χ2n) is 5.75. The van der Waals surface area contributed by atoms with Gasteiger partial charge in [0.25, 0.3) is 5.91 Å². The van der Waals surface area contributed by atoms with Gasteiger partial charge in [0.2, 0.25) is 5.91 Å². The highest BCUT2D eigenvalue weighted by atomic mass is 32.2. The zero-order valence-corrected chi connectivity index (χ0v) is 15.4. The first kappa shape index (κ1) is 18.5. The molecule has 1 aromatic heterocycles. The van der Waals surface area contributed by atoms with Crippen LogP contribution in [0.15, 0.2) is 28.8 Å². The fraction of sp³-hybridized carbons (Fsp3) is 0.375. The number of aliphatic carboxylic acids is 1. The van der Waals surface area contributed by atoms with E-state index in [-0.39, 0.29) is 24.6 Å². The summed E-state index contributed by atoms with van der Waals surface area (Å²) in [5.74, 6) is -2.23. The molecule has 2 aliphatic heterocycles. The quantitative estimate of drug-likeness (QED) is 0.534. The van der Waals surface area contributed by atoms with Gasteiger partial charge < -0.3 is 15.2 Å². The van der Waals surface area contributed by atoms with Crippen LogP contribution >= 0.6 is 23.1 Å². The number of carbonyl (C=O) groups is 4. The van der Waals surface area contributed by atoms with Gasteiger partial charge in [0.1, 0.15) is 23.7 Å². The van der Waals surface area contributed by atoms with Gasteiger partial charge in [-0.1, -0.05) is 6.07 Å². The molecule has 2 atom stereocenters. The number of thiophene rings is 1. The van der Waals surface area contributed by atoms with Crippen molar-refractivity contribution in [1.29, 1.82) is 0 Å². The maximum absolute atomic E-state index is 12.4. The lowest BCUT2D eigenvalue weighted by Crippen LogP contribution is -2.70. The van der Waals surface area contributed by atoms with Crippen molar-refractivity contribution in [2.45, 2.75) is 24.8 Å². The average Bonchev–Trinajstić information content (AvgIpc) is 3.09. The molecule has 0 aliphatic carbocycles. The lowest BCUT2D eigenvalue weighted by molar-refractivity contribution is -0.151. The Kier molecular flexibility index (Phi) is 5.33. The zero-order valence-electron chi connectivity index (χ0n) is 13.8. The van der Waals surface area contributed by atoms with E-state index >= 15 is 0 Å². The van der Waals surface area contributed by atoms with E-state index in [2.05, 4.69) is 5.32 Å². The molecule has 0 unspecified atom stereocenters. The van der Waals surface area contributed by atoms with Crippen LogP contribution in [0, 0.1) is 0 Å². The molecule has 2 aliphatic rings. The number of carboxylic acid groups (broad SMARTS) is 1. The fourth-order valence-corrected chi connectivity index (χ4v) is 4.81. The van der Waals surface area contributed by atoms with Crippen LogP contribution in [0.5, 0.6) is 0 Å². The van der Waals surface area contributed by atoms with Gasteiger partial charge in [0.15, 0.2) is 0 Å². The maximum atomic E-state index is 12.4. The molecule has 138 valence electrons. The highest BCUT2D eigenvalue weighted by molar-refractivity contribution is 8.00. The third kappa shape index (κ3) is 3.61. The Morgan fingerprint density at radius 2 is 2.19 bits per heavy atom. The highest BCUT2D eigenvalue weighted by Gasteiger charge is 2.54. The summed E-state index contributed by atoms with van der Waals surface area (Å²) in [5, 5.41) is 13.5. The summed E-state index contributed by atoms with van der Waals surface area (Å²) in [7, 11) is 0. The molecule has 1 fully saturated rings. The van der Waals surface area contributed by atoms with E-state index in [9.17, 15) is 24.3 Å². The largest absolute Gasteiger partial charge is 0.477 e. The van der Waals surface area contributed by atoms with Crippen LogP contribution in [0.4, 0.5) is 0 Å². The predicted octanol–water partition coefficient (Wildman–Crippen LogP) is 0.592. The summed E-state index contributed by atoms with van der Waals surface area (Å²) < 4.78 is 4.87. The van der Waals surface area contributed by atoms with Crippen LogP contribution in [-0.2, 0) is 30.3 Å². The minimum absolute atomic E-state index is 0.163. The first-order chi connectivity index (χ1) is 12.4. The lowest BCUT2D eigenvalue weighted by Gasteiger charge is -2.49. The Balaban J connectivity index is 1.69. The second kappa shape index (κ2) is 7.50. The van der Waals surface area contributed by atoms with Crippen molar-refractivity contribution in [3.8, 4) is 0 Å². The van der Waals surface area contributed by atoms with E-state index in [1.54, 1.807) is 0 Å². The van der Waals surface area contributed by atoms with Crippen molar-refractivity contribution in [3.05, 3.63) is 33.7 Å². The number of hydrogen-bond donors (Lipinski definition) is 2. The van der Waals surface area contributed by atoms with Gasteiger partial charge in [-0.2, -0.15) is 0 Å². The number of rotatable bonds is 6. The molecule has 0 bridgehead atoms. The number of nitrogens with one attached hydrogen (secondary N) is 1. The number of amides is 2. The maximum Gasteiger partial charge on any atom is 0.352 e. The average molecular weight is 396 g/mol. The number of carboxylic acids is 1. The van der Waals surface area contributed by atoms with Gasteiger partial charge in [-0.05, 0) is 11.4 Å². The van der Waals surface area contributed by atoms with E-state index in [0.29, 0.717) is 11.3 Å². The van der Waals surface area contributed by atoms with Gasteiger partial charge >= 0.3 is 11.9 Å². The van der Waals surface area contributed by atoms with Gasteiger partial charge in [0.05, 0.1) is 6.42 Å². The van der Waals surface area contributed by atoms with E-state index in [1.165, 1.54) is 30.0 Å². The molecule has 0 radical (unpaired) electrons. The van der Waals surface area contributed by atoms with Crippen molar-refractivity contribution in [2.75, 3.05) is 12.4 Å². The number of esters is 1. The molecule has 8 nitrogen and oxygen atoms in total. The Morgan fingerprint density at radius 3 is 2.81 bits per heavy atom. The van der Waals surface area contributed by atoms with Crippen LogP contribution in [0.2, 0.25) is 0 Å². The molecular formula is C16H16N2O6S2. The smallest absolute Gasteiger partial charge is 0.352 e. The predicted molar refractivity (Wildman–Crippen MR) is 94.3 cm³/mol. The number of nitrogens with zero attached hydrogens (tertiary/aromatic N) is 1. The molecule has 10 heteroatoms. The van der Waals surface area contributed by atoms with Gasteiger partial charge in [-0.25, -0.2) is 4.79 Å². The molecule has 3 rings (SSSR count). The summed E-state index contributed by atoms with van der Waals surface area (Å²) in [5.41, 5.74) is 0.203. The van der Waals surface area contributed by atoms with Crippen LogP contribution in [0.25, 0.3) is 0 Å². The first-order valence-corrected chi connectivity index (χ1v) is 9.66. The Bertz CT molecular complexity index is 789. The molecule has 0 saturated carbocycles. The van der Waals surface area contributed by atoms with Crippen LogP contribution in [-0.4, -0.2) is 57.5 Å². The number of carbonyl (C=O) groups excluding carboxylic acids is 3. The molecule has 1 saturated heterocycles. The molecular weight excluding hydrogens is 380 g/mol. The SMILES string of the molecule is CC(=O)OCC1=C(C(=O)O)N2C(=O)[C@H](NC(=O)Cc3cccs3)[C@@H]2SC1. The minimum Gasteiger partial charge on any atom is -0.477 e. The van der Waals surface area contributed by atoms with Gasteiger partial charge in [-0.15, -0.1) is 23.1 Å². The number of thioether (sulfide) groups is 1. The van der Waals surface area contributed by atoms with Crippen molar-refractivity contribution in [3.63, 3.8) is 0 Å². The van der Waals surface area contributed by atoms with Gasteiger partial charge in [-0.3, -0.25) is 19.3 Å². The number of β-lactam (4-membered cyclic amide) rings is 1. The molecule has 3 heterocycles. The summed E-state index contributed by atoms with van der Waals surface area (Å²) in [6.07, 6.45) is 0.179. The Hall–Kier alpha value is -2.33. The third-order valence-corrected chi connectivity index (χ3v) is 6.15. The normalized spacial score (nSPS) is 21.7. The van der Waals surface area contributed by atoms with Crippen LogP contribution in [0.1, 0.15) is 11.8 Å². The second-order valence-corrected chi connectivity index (χ2v) is 7.89. The van der Waals surface area contributed by atoms with Crippen molar-refractivity contribution in [2.24, 2.45) is 0 Å². The summed E-state index contributed by atoms with van der Waals surface area (Å²) in [6.45, 7) is 1.06. The first-order valence-electron chi connectivity index (χ1n) is 7.73. The zero-order chi connectivity index (χ0) is 18.8. The molecule has 26 heavy (non-hydrogen) atoms. The highest BCUT2D eigenvalue weighted by Crippen LogP contribution is 2.40. The van der Waals surface area contributed by atoms with E-state index in [4.69, 9.17) is 4.74 Å². The summed E-state index contributed by atoms with van der Waals surface area (Å²) >= 11 is 2.79. The topological polar surface area (TPSA) is 113 Å². The Labute approximate surface area is 157 Å². The summed E-state index contributed by atoms with van der Waals surface area (Å²) in [6, 6.07) is 2.92. The van der Waals surface area contributed by atoms with Crippen molar-refractivity contribution in [1.82, 2.24) is 10.2 Å². The van der Waals surface area contributed by atoms with Crippen LogP contribution in [0.3, 0.4) is 0 Å². The number of fused-ring (bicyclic) bond motifs is 1. The standard InChI is InChI=1S/C16H16N2O6S2/c1-8(19)24-6-9-7-26-15-12(14(21)18(15)13(9)16(22)23)17-11(20)5-10-3-2-4-25-10/h2-4,12,15H,5-7H2,1H3,(H,17,20)(H,22,23)/t12-,15-/m0/s1. The lowest BCUT2D eigenvalue weighted by atomic mass is 10.0. The Morgan fingerprint density at radius 1 is 1.42 bits per heavy atom. The molecule has 0 aromatic carbocycles. The minimum atomic E-state index is -1.26. The molecule has 2 N–H and O–H groups in total.